The maximum absolute atomic E-state index is 14.9. The molecule has 2 aliphatic heterocycles. The van der Waals surface area contributed by atoms with Gasteiger partial charge in [-0.15, -0.1) is 0 Å². The molecule has 2 heterocycles. The van der Waals surface area contributed by atoms with Crippen LogP contribution in [0.5, 0.6) is 0 Å². The van der Waals surface area contributed by atoms with Crippen LogP contribution in [0.4, 0.5) is 13.2 Å². The third-order valence-corrected chi connectivity index (χ3v) is 17.7. The molecule has 1 unspecified atom stereocenters. The molecule has 0 spiro atoms. The molecule has 25 heteroatoms. The number of hydrogen-bond acceptors (Lipinski definition) is 11. The highest BCUT2D eigenvalue weighted by Gasteiger charge is 2.43. The van der Waals surface area contributed by atoms with E-state index in [1.54, 1.807) is 13.8 Å². The summed E-state index contributed by atoms with van der Waals surface area (Å²) < 4.78 is 40.8. The highest BCUT2D eigenvalue weighted by molar-refractivity contribution is 5.98. The molecule has 0 aromatic heterocycles. The van der Waals surface area contributed by atoms with Gasteiger partial charge >= 0.3 is 6.18 Å². The zero-order valence-electron chi connectivity index (χ0n) is 55.4. The van der Waals surface area contributed by atoms with Crippen molar-refractivity contribution >= 4 is 65.0 Å². The fraction of sp³-hybridized carbons (Fsp3) is 0.734. The van der Waals surface area contributed by atoms with Crippen molar-refractivity contribution in [2.45, 2.75) is 213 Å². The van der Waals surface area contributed by atoms with Crippen LogP contribution in [0.15, 0.2) is 24.3 Å². The SMILES string of the molecule is CCC(C)[C@@H]1NC(=O)[C@@H]2CCCCN2C(=O)C[C@@H](C)NC(=O)[C@H](CC(C)C)N(C)C(=O)C(C)(C)NC(=O)[C@H](CC(C)C)N(C)C(=O)[C@H](CCc2ccc(C(F)(F)F)cc2)NC(=O)CN(C)C(=O)[C@H](CC2CCCCC2)N(C)C(=O)CN(C)C(=O)CN(C)C1=O. The van der Waals surface area contributed by atoms with Gasteiger partial charge in [0, 0.05) is 61.3 Å². The van der Waals surface area contributed by atoms with Crippen molar-refractivity contribution in [1.29, 1.82) is 0 Å². The average Bonchev–Trinajstić information content (AvgIpc) is 2.44. The predicted molar refractivity (Wildman–Crippen MR) is 330 cm³/mol. The van der Waals surface area contributed by atoms with E-state index in [0.717, 1.165) is 58.9 Å². The lowest BCUT2D eigenvalue weighted by Crippen LogP contribution is -2.63. The van der Waals surface area contributed by atoms with E-state index in [4.69, 9.17) is 0 Å². The van der Waals surface area contributed by atoms with Crippen molar-refractivity contribution in [1.82, 2.24) is 55.6 Å². The Morgan fingerprint density at radius 2 is 1.16 bits per heavy atom. The number of carbonyl (C=O) groups excluding carboxylic acids is 11. The van der Waals surface area contributed by atoms with E-state index >= 15 is 0 Å². The topological polar surface area (TPSA) is 259 Å². The highest BCUT2D eigenvalue weighted by atomic mass is 19.4. The maximum Gasteiger partial charge on any atom is 0.416 e. The number of carbonyl (C=O) groups is 11. The second-order valence-electron chi connectivity index (χ2n) is 26.6. The van der Waals surface area contributed by atoms with E-state index in [9.17, 15) is 65.9 Å². The molecule has 1 saturated carbocycles. The Labute approximate surface area is 524 Å². The minimum atomic E-state index is -4.61. The highest BCUT2D eigenvalue weighted by Crippen LogP contribution is 2.31. The molecule has 0 radical (unpaired) electrons. The fourth-order valence-corrected chi connectivity index (χ4v) is 12.0. The monoisotopic (exact) mass is 1260 g/mol. The molecule has 0 bridgehead atoms. The summed E-state index contributed by atoms with van der Waals surface area (Å²) in [5.74, 6) is -7.68. The lowest BCUT2D eigenvalue weighted by molar-refractivity contribution is -0.149. The number of hydrogen-bond donors (Lipinski definition) is 4. The van der Waals surface area contributed by atoms with Crippen LogP contribution in [-0.2, 0) is 65.3 Å². The third-order valence-electron chi connectivity index (χ3n) is 17.7. The van der Waals surface area contributed by atoms with Gasteiger partial charge in [0.1, 0.15) is 41.8 Å². The minimum Gasteiger partial charge on any atom is -0.351 e. The van der Waals surface area contributed by atoms with E-state index in [2.05, 4.69) is 21.3 Å². The molecular weight excluding hydrogens is 1160 g/mol. The number of likely N-dealkylation sites (N-methyl/N-ethyl adjacent to an activating group) is 6. The smallest absolute Gasteiger partial charge is 0.351 e. The Kier molecular flexibility index (Phi) is 27.9. The van der Waals surface area contributed by atoms with Crippen LogP contribution in [0.25, 0.3) is 0 Å². The zero-order valence-corrected chi connectivity index (χ0v) is 55.4. The molecule has 1 aromatic carbocycles. The van der Waals surface area contributed by atoms with Crippen molar-refractivity contribution < 1.29 is 65.9 Å². The van der Waals surface area contributed by atoms with Gasteiger partial charge in [0.05, 0.1) is 25.2 Å². The number of alkyl halides is 3. The number of nitrogens with zero attached hydrogens (tertiary/aromatic N) is 7. The molecule has 500 valence electrons. The van der Waals surface area contributed by atoms with E-state index in [-0.39, 0.29) is 62.8 Å². The Morgan fingerprint density at radius 3 is 1.73 bits per heavy atom. The molecule has 4 rings (SSSR count). The van der Waals surface area contributed by atoms with E-state index in [0.29, 0.717) is 31.2 Å². The number of amides is 11. The third kappa shape index (κ3) is 21.4. The summed E-state index contributed by atoms with van der Waals surface area (Å²) in [5.41, 5.74) is -2.19. The maximum atomic E-state index is 14.9. The van der Waals surface area contributed by atoms with E-state index in [1.165, 1.54) is 87.9 Å². The van der Waals surface area contributed by atoms with Crippen LogP contribution >= 0.6 is 0 Å². The van der Waals surface area contributed by atoms with Crippen molar-refractivity contribution in [2.24, 2.45) is 23.7 Å². The van der Waals surface area contributed by atoms with Gasteiger partial charge in [-0.05, 0) is 114 Å². The number of rotatable bonds is 11. The van der Waals surface area contributed by atoms with Crippen molar-refractivity contribution in [3.05, 3.63) is 35.4 Å². The van der Waals surface area contributed by atoms with Crippen LogP contribution < -0.4 is 21.3 Å². The van der Waals surface area contributed by atoms with Gasteiger partial charge in [0.25, 0.3) is 0 Å². The molecule has 3 aliphatic rings. The Balaban J connectivity index is 1.80. The Bertz CT molecular complexity index is 2650. The normalized spacial score (nSPS) is 25.9. The fourth-order valence-electron chi connectivity index (χ4n) is 12.0. The molecule has 3 fully saturated rings. The van der Waals surface area contributed by atoms with E-state index in [1.807, 2.05) is 34.6 Å². The van der Waals surface area contributed by atoms with Gasteiger partial charge in [0.2, 0.25) is 65.0 Å². The number of fused-ring (bicyclic) bond motifs is 1. The molecule has 4 N–H and O–H groups in total. The molecule has 11 amide bonds. The first-order chi connectivity index (χ1) is 41.5. The van der Waals surface area contributed by atoms with Gasteiger partial charge in [-0.3, -0.25) is 52.7 Å². The lowest BCUT2D eigenvalue weighted by Gasteiger charge is -2.38. The van der Waals surface area contributed by atoms with Crippen molar-refractivity contribution in [3.8, 4) is 0 Å². The predicted octanol–water partition coefficient (Wildman–Crippen LogP) is 4.76. The molecular formula is C64H102F3N11O11. The van der Waals surface area contributed by atoms with Crippen LogP contribution in [0, 0.1) is 23.7 Å². The Hall–Kier alpha value is -6.82. The Morgan fingerprint density at radius 1 is 0.596 bits per heavy atom. The average molecular weight is 1260 g/mol. The van der Waals surface area contributed by atoms with Gasteiger partial charge in [-0.25, -0.2) is 0 Å². The zero-order chi connectivity index (χ0) is 67.0. The summed E-state index contributed by atoms with van der Waals surface area (Å²) in [7, 11) is 8.41. The number of aryl methyl sites for hydroxylation is 1. The number of halogens is 3. The summed E-state index contributed by atoms with van der Waals surface area (Å²) in [6.45, 7) is 14.2. The second kappa shape index (κ2) is 33.3. The number of benzene rings is 1. The largest absolute Gasteiger partial charge is 0.416 e. The van der Waals surface area contributed by atoms with E-state index < -0.39 is 150 Å². The summed E-state index contributed by atoms with van der Waals surface area (Å²) in [5, 5.41) is 11.3. The number of nitrogens with one attached hydrogen (secondary N) is 4. The molecule has 1 aliphatic carbocycles. The standard InChI is InChI=1S/C64H102F3N11O11/c1-16-41(6)55-61(88)74(12)37-53(81)72(10)38-54(82)75(13)50(35-44-22-18-17-19-23-44)60(87)73(11)36-51(79)69-46(30-27-43-25-28-45(29-26-43)64(65,66)67)59(86)76(14)49(33-40(4)5)58(85)71-63(8,9)62(89)77(15)48(32-39(2)3)57(84)68-42(7)34-52(80)78-31-21-20-24-47(78)56(83)70-55/h25-26,28-29,39-42,44,46-50,55H,16-24,27,30-38H2,1-15H3,(H,68,84)(H,69,79)(H,70,83)(H,71,85)/t41?,42-,46+,47+,48+,49+,50+,55+/m1/s1. The van der Waals surface area contributed by atoms with Crippen LogP contribution in [-0.4, -0.2) is 216 Å². The van der Waals surface area contributed by atoms with Crippen LogP contribution in [0.1, 0.15) is 163 Å². The van der Waals surface area contributed by atoms with Gasteiger partial charge in [-0.2, -0.15) is 13.2 Å². The molecule has 1 aromatic rings. The van der Waals surface area contributed by atoms with Gasteiger partial charge in [0.15, 0.2) is 0 Å². The number of piperidine rings is 1. The van der Waals surface area contributed by atoms with Gasteiger partial charge < -0.3 is 55.6 Å². The summed E-state index contributed by atoms with van der Waals surface area (Å²) in [6.07, 6.45) is 1.85. The first kappa shape index (κ1) is 74.6. The summed E-state index contributed by atoms with van der Waals surface area (Å²) in [6, 6.07) is -3.39. The molecule has 22 nitrogen and oxygen atoms in total. The molecule has 2 saturated heterocycles. The van der Waals surface area contributed by atoms with Gasteiger partial charge in [-0.1, -0.05) is 92.2 Å². The lowest BCUT2D eigenvalue weighted by atomic mass is 9.84. The summed E-state index contributed by atoms with van der Waals surface area (Å²) in [4.78, 5) is 167. The molecule has 8 atom stereocenters. The quantitative estimate of drug-likeness (QED) is 0.235. The second-order valence-corrected chi connectivity index (χ2v) is 26.6. The summed E-state index contributed by atoms with van der Waals surface area (Å²) >= 11 is 0. The first-order valence-electron chi connectivity index (χ1n) is 31.7. The van der Waals surface area contributed by atoms with Crippen molar-refractivity contribution in [2.75, 3.05) is 68.5 Å². The van der Waals surface area contributed by atoms with Crippen LogP contribution in [0.2, 0.25) is 0 Å². The minimum absolute atomic E-state index is 0.0117. The first-order valence-corrected chi connectivity index (χ1v) is 31.7. The molecule has 89 heavy (non-hydrogen) atoms. The van der Waals surface area contributed by atoms with Crippen molar-refractivity contribution in [3.63, 3.8) is 0 Å². The van der Waals surface area contributed by atoms with Crippen LogP contribution in [0.3, 0.4) is 0 Å².